The summed E-state index contributed by atoms with van der Waals surface area (Å²) < 4.78 is 2.09. The molecule has 5 heterocycles. The van der Waals surface area contributed by atoms with E-state index >= 15 is 0 Å². The molecule has 3 aliphatic heterocycles. The molecule has 1 atom stereocenters. The second kappa shape index (κ2) is 10.7. The summed E-state index contributed by atoms with van der Waals surface area (Å²) in [6, 6.07) is 10.8. The molecule has 0 bridgehead atoms. The van der Waals surface area contributed by atoms with Crippen LogP contribution in [0.1, 0.15) is 71.7 Å². The van der Waals surface area contributed by atoms with Gasteiger partial charge in [0.05, 0.1) is 29.1 Å². The third-order valence-electron chi connectivity index (χ3n) is 8.95. The molecule has 1 aliphatic carbocycles. The summed E-state index contributed by atoms with van der Waals surface area (Å²) in [7, 11) is 0. The van der Waals surface area contributed by atoms with E-state index in [-0.39, 0.29) is 29.9 Å². The summed E-state index contributed by atoms with van der Waals surface area (Å²) in [5.74, 6) is -0.276. The van der Waals surface area contributed by atoms with Gasteiger partial charge in [-0.25, -0.2) is 4.98 Å². The smallest absolute Gasteiger partial charge is 0.262 e. The fraction of sp³-hybridized carbons (Fsp3) is 0.419. The van der Waals surface area contributed by atoms with Crippen LogP contribution in [0.15, 0.2) is 48.8 Å². The van der Waals surface area contributed by atoms with Crippen LogP contribution in [0.5, 0.6) is 0 Å². The van der Waals surface area contributed by atoms with Gasteiger partial charge in [0.2, 0.25) is 11.8 Å². The van der Waals surface area contributed by atoms with Crippen LogP contribution in [0.25, 0.3) is 11.3 Å². The zero-order valence-corrected chi connectivity index (χ0v) is 23.3. The van der Waals surface area contributed by atoms with Crippen molar-refractivity contribution in [3.8, 4) is 11.3 Å². The van der Waals surface area contributed by atoms with Crippen LogP contribution in [-0.2, 0) is 9.59 Å². The van der Waals surface area contributed by atoms with Gasteiger partial charge in [-0.05, 0) is 74.8 Å². The normalized spacial score (nSPS) is 23.4. The number of anilines is 2. The standard InChI is InChI=1S/C31H33N7O4/c39-28-10-9-26(29(40)35-28)38-30(41)23-8-7-21(16-24(23)31(38)42)32-11-2-4-19-14-22(15-19)37-18-20(17-33-37)25-5-1-6-27(34-25)36-12-3-13-36/h1,5-8,16-19,22,26,32H,2-4,9-15H2,(H,35,39,40). The van der Waals surface area contributed by atoms with E-state index in [2.05, 4.69) is 43.6 Å². The number of amides is 4. The highest BCUT2D eigenvalue weighted by Gasteiger charge is 2.44. The Morgan fingerprint density at radius 3 is 2.62 bits per heavy atom. The Bertz CT molecular complexity index is 1570. The van der Waals surface area contributed by atoms with E-state index < -0.39 is 23.8 Å². The van der Waals surface area contributed by atoms with Gasteiger partial charge in [0.25, 0.3) is 11.8 Å². The summed E-state index contributed by atoms with van der Waals surface area (Å²) in [4.78, 5) is 57.8. The predicted octanol–water partition coefficient (Wildman–Crippen LogP) is 3.40. The molecular formula is C31H33N7O4. The van der Waals surface area contributed by atoms with Crippen LogP contribution in [-0.4, -0.2) is 69.0 Å². The third kappa shape index (κ3) is 4.82. The lowest BCUT2D eigenvalue weighted by Gasteiger charge is -2.35. The minimum absolute atomic E-state index is 0.103. The number of carbonyl (C=O) groups is 4. The lowest BCUT2D eigenvalue weighted by molar-refractivity contribution is -0.136. The van der Waals surface area contributed by atoms with Crippen LogP contribution in [0.2, 0.25) is 0 Å². The Kier molecular flexibility index (Phi) is 6.72. The van der Waals surface area contributed by atoms with Gasteiger partial charge in [0.15, 0.2) is 0 Å². The van der Waals surface area contributed by atoms with Crippen molar-refractivity contribution in [2.45, 2.75) is 57.0 Å². The monoisotopic (exact) mass is 567 g/mol. The quantitative estimate of drug-likeness (QED) is 0.297. The maximum Gasteiger partial charge on any atom is 0.262 e. The van der Waals surface area contributed by atoms with Crippen molar-refractivity contribution in [1.82, 2.24) is 25.0 Å². The summed E-state index contributed by atoms with van der Waals surface area (Å²) in [6.45, 7) is 2.91. The maximum atomic E-state index is 13.0. The highest BCUT2D eigenvalue weighted by Crippen LogP contribution is 2.40. The molecule has 7 rings (SSSR count). The SMILES string of the molecule is O=C1CCC(N2C(=O)c3ccc(NCCCC4CC(n5cc(-c6cccc(N7CCC7)n6)cn5)C4)cc3C2=O)C(=O)N1. The highest BCUT2D eigenvalue weighted by atomic mass is 16.2. The first kappa shape index (κ1) is 26.4. The van der Waals surface area contributed by atoms with Crippen molar-refractivity contribution >= 4 is 35.1 Å². The first-order valence-corrected chi connectivity index (χ1v) is 14.8. The molecule has 2 aromatic heterocycles. The molecule has 4 aliphatic rings. The number of aromatic nitrogens is 3. The second-order valence-corrected chi connectivity index (χ2v) is 11.7. The molecule has 42 heavy (non-hydrogen) atoms. The van der Waals surface area contributed by atoms with Gasteiger partial charge >= 0.3 is 0 Å². The van der Waals surface area contributed by atoms with Gasteiger partial charge in [-0.1, -0.05) is 6.07 Å². The van der Waals surface area contributed by atoms with E-state index in [0.29, 0.717) is 12.0 Å². The van der Waals surface area contributed by atoms with Crippen molar-refractivity contribution in [2.24, 2.45) is 5.92 Å². The van der Waals surface area contributed by atoms with Crippen LogP contribution >= 0.6 is 0 Å². The number of fused-ring (bicyclic) bond motifs is 1. The Morgan fingerprint density at radius 2 is 1.83 bits per heavy atom. The topological polar surface area (TPSA) is 130 Å². The Labute approximate surface area is 243 Å². The number of piperidine rings is 1. The summed E-state index contributed by atoms with van der Waals surface area (Å²) in [5, 5.41) is 10.2. The first-order chi connectivity index (χ1) is 20.4. The molecular weight excluding hydrogens is 534 g/mol. The van der Waals surface area contributed by atoms with E-state index in [9.17, 15) is 19.2 Å². The number of nitrogens with one attached hydrogen (secondary N) is 2. The molecule has 3 aromatic rings. The van der Waals surface area contributed by atoms with Crippen LogP contribution in [0, 0.1) is 5.92 Å². The van der Waals surface area contributed by atoms with Gasteiger partial charge < -0.3 is 10.2 Å². The Hall–Kier alpha value is -4.54. The molecule has 2 saturated heterocycles. The zero-order valence-electron chi connectivity index (χ0n) is 23.3. The molecule has 216 valence electrons. The third-order valence-corrected chi connectivity index (χ3v) is 8.95. The number of hydrogen-bond donors (Lipinski definition) is 2. The van der Waals surface area contributed by atoms with E-state index in [0.717, 1.165) is 73.0 Å². The lowest BCUT2D eigenvalue weighted by atomic mass is 9.77. The Morgan fingerprint density at radius 1 is 1.00 bits per heavy atom. The lowest BCUT2D eigenvalue weighted by Crippen LogP contribution is -2.54. The molecule has 0 radical (unpaired) electrons. The average Bonchev–Trinajstić information content (AvgIpc) is 3.50. The largest absolute Gasteiger partial charge is 0.385 e. The number of rotatable bonds is 9. The van der Waals surface area contributed by atoms with E-state index in [1.54, 1.807) is 18.2 Å². The van der Waals surface area contributed by atoms with Gasteiger partial charge in [-0.2, -0.15) is 5.10 Å². The van der Waals surface area contributed by atoms with E-state index in [1.165, 1.54) is 6.42 Å². The number of nitrogens with zero attached hydrogens (tertiary/aromatic N) is 5. The highest BCUT2D eigenvalue weighted by molar-refractivity contribution is 6.23. The molecule has 4 amide bonds. The molecule has 0 spiro atoms. The molecule has 3 fully saturated rings. The number of imide groups is 2. The fourth-order valence-electron chi connectivity index (χ4n) is 6.33. The van der Waals surface area contributed by atoms with Crippen molar-refractivity contribution in [3.05, 3.63) is 59.9 Å². The van der Waals surface area contributed by atoms with Gasteiger partial charge in [-0.3, -0.25) is 34.1 Å². The minimum Gasteiger partial charge on any atom is -0.385 e. The fourth-order valence-corrected chi connectivity index (χ4v) is 6.33. The molecule has 2 N–H and O–H groups in total. The first-order valence-electron chi connectivity index (χ1n) is 14.8. The van der Waals surface area contributed by atoms with Crippen LogP contribution < -0.4 is 15.5 Å². The predicted molar refractivity (Wildman–Crippen MR) is 155 cm³/mol. The number of hydrogen-bond acceptors (Lipinski definition) is 8. The zero-order chi connectivity index (χ0) is 28.8. The maximum absolute atomic E-state index is 13.0. The van der Waals surface area contributed by atoms with Crippen molar-refractivity contribution < 1.29 is 19.2 Å². The molecule has 1 unspecified atom stereocenters. The Balaban J connectivity index is 0.878. The van der Waals surface area contributed by atoms with Crippen LogP contribution in [0.4, 0.5) is 11.5 Å². The summed E-state index contributed by atoms with van der Waals surface area (Å²) in [5.41, 5.74) is 3.37. The van der Waals surface area contributed by atoms with E-state index in [4.69, 9.17) is 4.98 Å². The van der Waals surface area contributed by atoms with Crippen molar-refractivity contribution in [3.63, 3.8) is 0 Å². The van der Waals surface area contributed by atoms with Gasteiger partial charge in [0.1, 0.15) is 11.9 Å². The van der Waals surface area contributed by atoms with Crippen molar-refractivity contribution in [2.75, 3.05) is 29.9 Å². The number of carbonyl (C=O) groups excluding carboxylic acids is 4. The average molecular weight is 568 g/mol. The van der Waals surface area contributed by atoms with E-state index in [1.807, 2.05) is 12.3 Å². The second-order valence-electron chi connectivity index (χ2n) is 11.7. The van der Waals surface area contributed by atoms with Gasteiger partial charge in [0, 0.05) is 43.5 Å². The van der Waals surface area contributed by atoms with Crippen molar-refractivity contribution in [1.29, 1.82) is 0 Å². The number of pyridine rings is 1. The minimum atomic E-state index is -0.954. The number of benzene rings is 1. The molecule has 1 aromatic carbocycles. The van der Waals surface area contributed by atoms with Crippen LogP contribution in [0.3, 0.4) is 0 Å². The summed E-state index contributed by atoms with van der Waals surface area (Å²) >= 11 is 0. The van der Waals surface area contributed by atoms with Gasteiger partial charge in [-0.15, -0.1) is 0 Å². The summed E-state index contributed by atoms with van der Waals surface area (Å²) in [6.07, 6.45) is 9.81. The molecule has 1 saturated carbocycles. The molecule has 11 heteroatoms. The molecule has 11 nitrogen and oxygen atoms in total.